The van der Waals surface area contributed by atoms with Crippen molar-refractivity contribution in [1.29, 1.82) is 0 Å². The first-order valence-electron chi connectivity index (χ1n) is 9.62. The highest BCUT2D eigenvalue weighted by Gasteiger charge is 2.21. The average molecular weight is 436 g/mol. The van der Waals surface area contributed by atoms with Crippen LogP contribution in [-0.2, 0) is 16.7 Å². The van der Waals surface area contributed by atoms with Gasteiger partial charge < -0.3 is 18.6 Å². The van der Waals surface area contributed by atoms with Gasteiger partial charge in [-0.25, -0.2) is 0 Å². The molecule has 0 aliphatic rings. The lowest BCUT2D eigenvalue weighted by Gasteiger charge is -2.25. The highest BCUT2D eigenvalue weighted by atomic mass is 32.2. The van der Waals surface area contributed by atoms with Gasteiger partial charge in [0.1, 0.15) is 17.2 Å². The van der Waals surface area contributed by atoms with Crippen molar-refractivity contribution in [2.24, 2.45) is 5.92 Å². The summed E-state index contributed by atoms with van der Waals surface area (Å²) in [5.41, 5.74) is 1.32. The third-order valence-corrected chi connectivity index (χ3v) is 4.94. The quantitative estimate of drug-likeness (QED) is 0.529. The van der Waals surface area contributed by atoms with E-state index in [0.29, 0.717) is 36.1 Å². The third kappa shape index (κ3) is 6.95. The third-order valence-electron chi connectivity index (χ3n) is 4.45. The van der Waals surface area contributed by atoms with E-state index in [0.717, 1.165) is 18.2 Å². The van der Waals surface area contributed by atoms with Gasteiger partial charge in [0.2, 0.25) is 0 Å². The second kappa shape index (κ2) is 10.3. The molecule has 8 heteroatoms. The van der Waals surface area contributed by atoms with Crippen molar-refractivity contribution in [3.8, 4) is 17.2 Å². The lowest BCUT2D eigenvalue weighted by Crippen LogP contribution is -2.32. The van der Waals surface area contributed by atoms with Crippen LogP contribution in [0.5, 0.6) is 17.2 Å². The molecule has 0 aliphatic carbocycles. The van der Waals surface area contributed by atoms with Gasteiger partial charge in [0.05, 0.1) is 26.0 Å². The van der Waals surface area contributed by atoms with Crippen LogP contribution in [0.15, 0.2) is 42.5 Å². The minimum absolute atomic E-state index is 0.147. The Morgan fingerprint density at radius 3 is 2.17 bits per heavy atom. The van der Waals surface area contributed by atoms with Gasteiger partial charge in [0.15, 0.2) is 0 Å². The van der Waals surface area contributed by atoms with Gasteiger partial charge in [0.25, 0.3) is 5.91 Å². The van der Waals surface area contributed by atoms with E-state index >= 15 is 0 Å². The van der Waals surface area contributed by atoms with E-state index in [2.05, 4.69) is 13.8 Å². The molecular formula is C22H29NO6S. The smallest absolute Gasteiger partial charge is 0.306 e. The summed E-state index contributed by atoms with van der Waals surface area (Å²) in [7, 11) is -0.507. The Bertz CT molecular complexity index is 954. The summed E-state index contributed by atoms with van der Waals surface area (Å²) < 4.78 is 38.0. The van der Waals surface area contributed by atoms with Crippen LogP contribution in [0.25, 0.3) is 0 Å². The molecule has 0 saturated carbocycles. The molecule has 30 heavy (non-hydrogen) atoms. The van der Waals surface area contributed by atoms with Crippen molar-refractivity contribution in [2.45, 2.75) is 26.8 Å². The number of nitrogens with zero attached hydrogens (tertiary/aromatic N) is 1. The number of carbonyl (C=O) groups is 1. The Kier molecular flexibility index (Phi) is 8.11. The van der Waals surface area contributed by atoms with E-state index in [1.807, 2.05) is 0 Å². The van der Waals surface area contributed by atoms with Crippen molar-refractivity contribution in [2.75, 3.05) is 27.0 Å². The summed E-state index contributed by atoms with van der Waals surface area (Å²) in [6.45, 7) is 5.16. The van der Waals surface area contributed by atoms with Gasteiger partial charge in [-0.1, -0.05) is 26.0 Å². The molecule has 0 aliphatic heterocycles. The van der Waals surface area contributed by atoms with Gasteiger partial charge >= 0.3 is 10.1 Å². The molecule has 1 amide bonds. The molecule has 0 unspecified atom stereocenters. The van der Waals surface area contributed by atoms with E-state index < -0.39 is 10.1 Å². The highest BCUT2D eigenvalue weighted by Crippen LogP contribution is 2.27. The number of amides is 1. The molecule has 0 N–H and O–H groups in total. The van der Waals surface area contributed by atoms with Crippen molar-refractivity contribution in [1.82, 2.24) is 4.90 Å². The van der Waals surface area contributed by atoms with Crippen molar-refractivity contribution < 1.29 is 26.9 Å². The maximum Gasteiger partial charge on any atom is 0.306 e. The summed E-state index contributed by atoms with van der Waals surface area (Å²) in [6, 6.07) is 11.8. The highest BCUT2D eigenvalue weighted by molar-refractivity contribution is 7.86. The van der Waals surface area contributed by atoms with Crippen molar-refractivity contribution in [3.05, 3.63) is 53.6 Å². The van der Waals surface area contributed by atoms with Crippen LogP contribution < -0.4 is 13.7 Å². The fraction of sp³-hybridized carbons (Fsp3) is 0.409. The zero-order chi connectivity index (χ0) is 22.3. The number of methoxy groups -OCH3 is 2. The summed E-state index contributed by atoms with van der Waals surface area (Å²) in [6.07, 6.45) is 1.84. The Morgan fingerprint density at radius 1 is 1.00 bits per heavy atom. The predicted octanol–water partition coefficient (Wildman–Crippen LogP) is 3.73. The molecule has 0 aromatic heterocycles. The molecule has 2 aromatic rings. The lowest BCUT2D eigenvalue weighted by molar-refractivity contribution is 0.0732. The predicted molar refractivity (Wildman–Crippen MR) is 116 cm³/mol. The van der Waals surface area contributed by atoms with Gasteiger partial charge in [0, 0.05) is 19.2 Å². The monoisotopic (exact) mass is 435 g/mol. The van der Waals surface area contributed by atoms with Gasteiger partial charge in [-0.3, -0.25) is 4.79 Å². The van der Waals surface area contributed by atoms with Gasteiger partial charge in [-0.2, -0.15) is 8.42 Å². The van der Waals surface area contributed by atoms with Crippen LogP contribution in [0.2, 0.25) is 0 Å². The van der Waals surface area contributed by atoms with E-state index in [-0.39, 0.29) is 11.7 Å². The fourth-order valence-corrected chi connectivity index (χ4v) is 3.32. The van der Waals surface area contributed by atoms with Crippen LogP contribution in [0.3, 0.4) is 0 Å². The number of hydrogen-bond donors (Lipinski definition) is 0. The zero-order valence-electron chi connectivity index (χ0n) is 18.0. The molecule has 2 aromatic carbocycles. The largest absolute Gasteiger partial charge is 0.497 e. The molecule has 0 fully saturated rings. The van der Waals surface area contributed by atoms with E-state index in [1.54, 1.807) is 54.5 Å². The topological polar surface area (TPSA) is 82.1 Å². The minimum Gasteiger partial charge on any atom is -0.497 e. The number of carbonyl (C=O) groups excluding carboxylic acids is 1. The lowest BCUT2D eigenvalue weighted by atomic mass is 10.1. The fourth-order valence-electron chi connectivity index (χ4n) is 2.86. The van der Waals surface area contributed by atoms with Crippen LogP contribution in [-0.4, -0.2) is 46.2 Å². The molecule has 0 spiro atoms. The molecule has 0 heterocycles. The first kappa shape index (κ1) is 23.5. The first-order valence-corrected chi connectivity index (χ1v) is 11.4. The second-order valence-corrected chi connectivity index (χ2v) is 8.98. The van der Waals surface area contributed by atoms with Gasteiger partial charge in [-0.15, -0.1) is 0 Å². The zero-order valence-corrected chi connectivity index (χ0v) is 18.9. The SMILES string of the molecule is COc1ccc(C(=O)N(CCC(C)C)Cc2ccc(OS(C)(=O)=O)cc2)c(OC)c1. The summed E-state index contributed by atoms with van der Waals surface area (Å²) >= 11 is 0. The van der Waals surface area contributed by atoms with Crippen LogP contribution >= 0.6 is 0 Å². The van der Waals surface area contributed by atoms with Crippen LogP contribution in [0, 0.1) is 5.92 Å². The molecular weight excluding hydrogens is 406 g/mol. The molecule has 0 radical (unpaired) electrons. The summed E-state index contributed by atoms with van der Waals surface area (Å²) in [5.74, 6) is 1.58. The number of hydrogen-bond acceptors (Lipinski definition) is 6. The Hall–Kier alpha value is -2.74. The molecule has 0 saturated heterocycles. The first-order chi connectivity index (χ1) is 14.1. The molecule has 7 nitrogen and oxygen atoms in total. The van der Waals surface area contributed by atoms with Crippen LogP contribution in [0.4, 0.5) is 0 Å². The Labute approximate surface area is 178 Å². The second-order valence-electron chi connectivity index (χ2n) is 7.41. The average Bonchev–Trinajstić information content (AvgIpc) is 2.70. The summed E-state index contributed by atoms with van der Waals surface area (Å²) in [5, 5.41) is 0. The minimum atomic E-state index is -3.58. The standard InChI is InChI=1S/C22H29NO6S/c1-16(2)12-13-23(15-17-6-8-18(9-7-17)29-30(5,25)26)22(24)20-11-10-19(27-3)14-21(20)28-4/h6-11,14,16H,12-13,15H2,1-5H3. The Morgan fingerprint density at radius 2 is 1.63 bits per heavy atom. The number of ether oxygens (including phenoxy) is 2. The normalized spacial score (nSPS) is 11.3. The maximum atomic E-state index is 13.3. The van der Waals surface area contributed by atoms with E-state index in [1.165, 1.54) is 7.11 Å². The number of rotatable bonds is 10. The number of benzene rings is 2. The summed E-state index contributed by atoms with van der Waals surface area (Å²) in [4.78, 5) is 15.1. The van der Waals surface area contributed by atoms with Crippen molar-refractivity contribution in [3.63, 3.8) is 0 Å². The Balaban J connectivity index is 2.26. The maximum absolute atomic E-state index is 13.3. The van der Waals surface area contributed by atoms with Crippen molar-refractivity contribution >= 4 is 16.0 Å². The molecule has 2 rings (SSSR count). The van der Waals surface area contributed by atoms with Gasteiger partial charge in [-0.05, 0) is 42.2 Å². The van der Waals surface area contributed by atoms with Crippen LogP contribution in [0.1, 0.15) is 36.2 Å². The molecule has 0 bridgehead atoms. The van der Waals surface area contributed by atoms with E-state index in [9.17, 15) is 13.2 Å². The van der Waals surface area contributed by atoms with E-state index in [4.69, 9.17) is 13.7 Å². The molecule has 164 valence electrons. The molecule has 0 atom stereocenters.